The third-order valence-corrected chi connectivity index (χ3v) is 3.47. The third kappa shape index (κ3) is 2.36. The Bertz CT molecular complexity index is 263. The van der Waals surface area contributed by atoms with Crippen LogP contribution in [0.4, 0.5) is 0 Å². The van der Waals surface area contributed by atoms with E-state index in [4.69, 9.17) is 0 Å². The summed E-state index contributed by atoms with van der Waals surface area (Å²) >= 11 is 0. The van der Waals surface area contributed by atoms with Gasteiger partial charge in [-0.3, -0.25) is 4.79 Å². The molecule has 0 bridgehead atoms. The van der Waals surface area contributed by atoms with Crippen LogP contribution in [0.15, 0.2) is 0 Å². The molecule has 1 amide bonds. The minimum absolute atomic E-state index is 0.158. The third-order valence-electron chi connectivity index (χ3n) is 3.47. The van der Waals surface area contributed by atoms with Gasteiger partial charge in [-0.15, -0.1) is 0 Å². The molecule has 1 unspecified atom stereocenters. The Balaban J connectivity index is 2.88. The Hall–Kier alpha value is -1.06. The fourth-order valence-electron chi connectivity index (χ4n) is 2.22. The van der Waals surface area contributed by atoms with E-state index in [1.165, 1.54) is 0 Å². The van der Waals surface area contributed by atoms with Crippen LogP contribution in [0, 0.1) is 0 Å². The van der Waals surface area contributed by atoms with Gasteiger partial charge in [0.05, 0.1) is 0 Å². The number of rotatable bonds is 8. The van der Waals surface area contributed by atoms with Gasteiger partial charge in [0.25, 0.3) is 0 Å². The summed E-state index contributed by atoms with van der Waals surface area (Å²) in [5.41, 5.74) is -0.973. The van der Waals surface area contributed by atoms with Crippen molar-refractivity contribution >= 4 is 12.4 Å². The number of carboxylic acid groups (broad SMARTS) is 1. The molecule has 1 rings (SSSR count). The first-order chi connectivity index (χ1) is 7.62. The van der Waals surface area contributed by atoms with Gasteiger partial charge in [-0.05, 0) is 25.7 Å². The second-order valence-corrected chi connectivity index (χ2v) is 4.54. The lowest BCUT2D eigenvalue weighted by molar-refractivity contribution is -0.157. The van der Waals surface area contributed by atoms with Crippen molar-refractivity contribution in [2.75, 3.05) is 0 Å². The molecule has 1 N–H and O–H groups in total. The molecular formula is C12H21NO3. The van der Waals surface area contributed by atoms with Gasteiger partial charge in [0.2, 0.25) is 6.41 Å². The molecule has 0 radical (unpaired) electrons. The predicted octanol–water partition coefficient (Wildman–Crippen LogP) is 2.03. The molecule has 0 spiro atoms. The van der Waals surface area contributed by atoms with E-state index in [-0.39, 0.29) is 6.04 Å². The van der Waals surface area contributed by atoms with E-state index in [2.05, 4.69) is 0 Å². The average molecular weight is 227 g/mol. The Morgan fingerprint density at radius 1 is 1.50 bits per heavy atom. The van der Waals surface area contributed by atoms with E-state index in [9.17, 15) is 14.7 Å². The molecule has 92 valence electrons. The van der Waals surface area contributed by atoms with E-state index < -0.39 is 11.5 Å². The number of amides is 1. The number of aliphatic carboxylic acids is 1. The van der Waals surface area contributed by atoms with E-state index in [0.29, 0.717) is 12.8 Å². The first-order valence-corrected chi connectivity index (χ1v) is 6.09. The molecule has 4 heteroatoms. The first-order valence-electron chi connectivity index (χ1n) is 6.09. The monoisotopic (exact) mass is 227 g/mol. The Labute approximate surface area is 96.6 Å². The molecule has 0 aromatic rings. The van der Waals surface area contributed by atoms with Gasteiger partial charge in [0, 0.05) is 6.04 Å². The lowest BCUT2D eigenvalue weighted by Crippen LogP contribution is -2.54. The zero-order valence-corrected chi connectivity index (χ0v) is 10.1. The van der Waals surface area contributed by atoms with E-state index in [0.717, 1.165) is 32.1 Å². The summed E-state index contributed by atoms with van der Waals surface area (Å²) in [5, 5.41) is 9.43. The van der Waals surface area contributed by atoms with Crippen LogP contribution in [0.25, 0.3) is 0 Å². The fraction of sp³-hybridized carbons (Fsp3) is 0.833. The molecule has 0 aliphatic heterocycles. The fourth-order valence-corrected chi connectivity index (χ4v) is 2.22. The van der Waals surface area contributed by atoms with Crippen molar-refractivity contribution in [1.82, 2.24) is 4.90 Å². The van der Waals surface area contributed by atoms with Crippen molar-refractivity contribution in [3.63, 3.8) is 0 Å². The Morgan fingerprint density at radius 2 is 2.12 bits per heavy atom. The minimum Gasteiger partial charge on any atom is -0.479 e. The van der Waals surface area contributed by atoms with Gasteiger partial charge in [-0.2, -0.15) is 0 Å². The number of unbranched alkanes of at least 4 members (excludes halogenated alkanes) is 1. The van der Waals surface area contributed by atoms with Crippen LogP contribution in [0.2, 0.25) is 0 Å². The number of hydrogen-bond acceptors (Lipinski definition) is 2. The SMILES string of the molecule is CCCCC(CC)(C(=O)O)N(C=O)C1CC1. The number of nitrogens with zero attached hydrogens (tertiary/aromatic N) is 1. The highest BCUT2D eigenvalue weighted by atomic mass is 16.4. The van der Waals surface area contributed by atoms with Gasteiger partial charge >= 0.3 is 5.97 Å². The summed E-state index contributed by atoms with van der Waals surface area (Å²) in [5.74, 6) is -0.859. The molecule has 0 aromatic heterocycles. The van der Waals surface area contributed by atoms with Crippen molar-refractivity contribution in [3.8, 4) is 0 Å². The highest BCUT2D eigenvalue weighted by Gasteiger charge is 2.47. The van der Waals surface area contributed by atoms with Crippen molar-refractivity contribution < 1.29 is 14.7 Å². The first kappa shape index (κ1) is 13.0. The zero-order valence-electron chi connectivity index (χ0n) is 10.1. The second kappa shape index (κ2) is 5.32. The topological polar surface area (TPSA) is 57.6 Å². The Kier molecular flexibility index (Phi) is 4.33. The largest absolute Gasteiger partial charge is 0.479 e. The molecule has 16 heavy (non-hydrogen) atoms. The highest BCUT2D eigenvalue weighted by Crippen LogP contribution is 2.36. The normalized spacial score (nSPS) is 18.9. The van der Waals surface area contributed by atoms with Crippen molar-refractivity contribution in [1.29, 1.82) is 0 Å². The molecule has 0 aromatic carbocycles. The molecule has 1 atom stereocenters. The molecule has 1 aliphatic rings. The van der Waals surface area contributed by atoms with Crippen LogP contribution < -0.4 is 0 Å². The number of hydrogen-bond donors (Lipinski definition) is 1. The maximum absolute atomic E-state index is 11.5. The summed E-state index contributed by atoms with van der Waals surface area (Å²) in [6.07, 6.45) is 5.45. The predicted molar refractivity (Wildman–Crippen MR) is 61.1 cm³/mol. The lowest BCUT2D eigenvalue weighted by Gasteiger charge is -2.38. The van der Waals surface area contributed by atoms with Crippen LogP contribution in [0.5, 0.6) is 0 Å². The maximum atomic E-state index is 11.5. The van der Waals surface area contributed by atoms with Gasteiger partial charge in [-0.25, -0.2) is 4.79 Å². The maximum Gasteiger partial charge on any atom is 0.329 e. The minimum atomic E-state index is -0.973. The standard InChI is InChI=1S/C12H21NO3/c1-3-5-8-12(4-2,11(15)16)13(9-14)10-6-7-10/h9-10H,3-8H2,1-2H3,(H,15,16). The summed E-state index contributed by atoms with van der Waals surface area (Å²) in [6, 6.07) is 0.158. The van der Waals surface area contributed by atoms with Gasteiger partial charge in [-0.1, -0.05) is 26.7 Å². The average Bonchev–Trinajstić information content (AvgIpc) is 3.08. The summed E-state index contributed by atoms with van der Waals surface area (Å²) < 4.78 is 0. The number of carboxylic acids is 1. The lowest BCUT2D eigenvalue weighted by atomic mass is 9.88. The molecule has 0 saturated heterocycles. The van der Waals surface area contributed by atoms with E-state index in [1.807, 2.05) is 13.8 Å². The van der Waals surface area contributed by atoms with E-state index in [1.54, 1.807) is 4.90 Å². The van der Waals surface area contributed by atoms with Crippen LogP contribution in [-0.4, -0.2) is 34.0 Å². The molecule has 0 heterocycles. The van der Waals surface area contributed by atoms with Gasteiger partial charge in [0.1, 0.15) is 5.54 Å². The molecule has 4 nitrogen and oxygen atoms in total. The van der Waals surface area contributed by atoms with Gasteiger partial charge < -0.3 is 10.0 Å². The van der Waals surface area contributed by atoms with Crippen LogP contribution in [0.3, 0.4) is 0 Å². The van der Waals surface area contributed by atoms with Crippen molar-refractivity contribution in [3.05, 3.63) is 0 Å². The number of carbonyl (C=O) groups is 2. The van der Waals surface area contributed by atoms with Crippen molar-refractivity contribution in [2.45, 2.75) is 64.0 Å². The molecular weight excluding hydrogens is 206 g/mol. The Morgan fingerprint density at radius 3 is 2.44 bits per heavy atom. The van der Waals surface area contributed by atoms with Crippen molar-refractivity contribution in [2.24, 2.45) is 0 Å². The van der Waals surface area contributed by atoms with Crippen LogP contribution >= 0.6 is 0 Å². The summed E-state index contributed by atoms with van der Waals surface area (Å²) in [4.78, 5) is 24.2. The van der Waals surface area contributed by atoms with Gasteiger partial charge in [0.15, 0.2) is 0 Å². The quantitative estimate of drug-likeness (QED) is 0.645. The molecule has 1 aliphatic carbocycles. The molecule has 1 saturated carbocycles. The number of carbonyl (C=O) groups excluding carboxylic acids is 1. The highest BCUT2D eigenvalue weighted by molar-refractivity contribution is 5.81. The second-order valence-electron chi connectivity index (χ2n) is 4.54. The summed E-state index contributed by atoms with van der Waals surface area (Å²) in [7, 11) is 0. The molecule has 1 fully saturated rings. The zero-order chi connectivity index (χ0) is 12.2. The smallest absolute Gasteiger partial charge is 0.329 e. The van der Waals surface area contributed by atoms with Crippen LogP contribution in [0.1, 0.15) is 52.4 Å². The summed E-state index contributed by atoms with van der Waals surface area (Å²) in [6.45, 7) is 3.88. The van der Waals surface area contributed by atoms with E-state index >= 15 is 0 Å². The van der Waals surface area contributed by atoms with Crippen LogP contribution in [-0.2, 0) is 9.59 Å².